The minimum absolute atomic E-state index is 0.148. The van der Waals surface area contributed by atoms with Crippen LogP contribution < -0.4 is 10.2 Å². The second-order valence-corrected chi connectivity index (χ2v) is 8.19. The van der Waals surface area contributed by atoms with Crippen molar-refractivity contribution in [2.45, 2.75) is 70.3 Å². The van der Waals surface area contributed by atoms with Gasteiger partial charge in [0.15, 0.2) is 6.61 Å². The van der Waals surface area contributed by atoms with Crippen LogP contribution in [0.3, 0.4) is 0 Å². The van der Waals surface area contributed by atoms with Crippen LogP contribution in [0.5, 0.6) is 5.75 Å². The Morgan fingerprint density at radius 2 is 2.19 bits per heavy atom. The highest BCUT2D eigenvalue weighted by atomic mass is 16.6. The molecule has 6 heteroatoms. The fourth-order valence-electron chi connectivity index (χ4n) is 4.32. The van der Waals surface area contributed by atoms with Crippen molar-refractivity contribution in [3.05, 3.63) is 59.4 Å². The van der Waals surface area contributed by atoms with Crippen LogP contribution in [0.1, 0.15) is 80.5 Å². The van der Waals surface area contributed by atoms with E-state index >= 15 is 0 Å². The van der Waals surface area contributed by atoms with Gasteiger partial charge in [-0.1, -0.05) is 44.4 Å². The van der Waals surface area contributed by atoms with Crippen molar-refractivity contribution in [2.75, 3.05) is 13.2 Å². The summed E-state index contributed by atoms with van der Waals surface area (Å²) in [6, 6.07) is 10.2. The van der Waals surface area contributed by atoms with Crippen LogP contribution >= 0.6 is 0 Å². The number of nitrogens with zero attached hydrogens (tertiary/aromatic N) is 1. The summed E-state index contributed by atoms with van der Waals surface area (Å²) in [4.78, 5) is 21.0. The van der Waals surface area contributed by atoms with Gasteiger partial charge in [-0.3, -0.25) is 4.98 Å². The van der Waals surface area contributed by atoms with Crippen molar-refractivity contribution in [3.8, 4) is 5.75 Å². The van der Waals surface area contributed by atoms with Crippen molar-refractivity contribution in [1.29, 1.82) is 0 Å². The summed E-state index contributed by atoms with van der Waals surface area (Å²) in [7, 11) is 0. The van der Waals surface area contributed by atoms with Crippen molar-refractivity contribution >= 4 is 5.97 Å². The molecular formula is C25H34N2O4. The van der Waals surface area contributed by atoms with E-state index in [0.717, 1.165) is 49.7 Å². The fraction of sp³-hybridized carbons (Fsp3) is 0.520. The Hall–Kier alpha value is -2.44. The number of aliphatic carboxylic acids is 1. The SMILES string of the molecule is CCCCCC(NOCCC1CCCc2c(OCC(=O)O)cccc21)c1cccnc1. The van der Waals surface area contributed by atoms with Gasteiger partial charge in [-0.15, -0.1) is 0 Å². The highest BCUT2D eigenvalue weighted by Crippen LogP contribution is 2.38. The number of benzene rings is 1. The van der Waals surface area contributed by atoms with Crippen LogP contribution in [-0.4, -0.2) is 29.3 Å². The lowest BCUT2D eigenvalue weighted by Gasteiger charge is -2.27. The van der Waals surface area contributed by atoms with Crippen molar-refractivity contribution < 1.29 is 19.5 Å². The maximum Gasteiger partial charge on any atom is 0.341 e. The van der Waals surface area contributed by atoms with E-state index < -0.39 is 5.97 Å². The van der Waals surface area contributed by atoms with E-state index in [-0.39, 0.29) is 12.6 Å². The lowest BCUT2D eigenvalue weighted by molar-refractivity contribution is -0.139. The Morgan fingerprint density at radius 3 is 2.97 bits per heavy atom. The third-order valence-corrected chi connectivity index (χ3v) is 5.92. The normalized spacial score (nSPS) is 16.5. The van der Waals surface area contributed by atoms with Gasteiger partial charge < -0.3 is 14.7 Å². The van der Waals surface area contributed by atoms with E-state index in [4.69, 9.17) is 14.7 Å². The van der Waals surface area contributed by atoms with E-state index in [1.54, 1.807) is 6.20 Å². The number of hydrogen-bond donors (Lipinski definition) is 2. The number of carboxylic acid groups (broad SMARTS) is 1. The summed E-state index contributed by atoms with van der Waals surface area (Å²) < 4.78 is 5.52. The highest BCUT2D eigenvalue weighted by molar-refractivity contribution is 5.68. The molecule has 0 bridgehead atoms. The van der Waals surface area contributed by atoms with Crippen LogP contribution in [0.15, 0.2) is 42.7 Å². The van der Waals surface area contributed by atoms with Gasteiger partial charge >= 0.3 is 5.97 Å². The second-order valence-electron chi connectivity index (χ2n) is 8.19. The number of pyridine rings is 1. The minimum atomic E-state index is -0.952. The number of aromatic nitrogens is 1. The molecule has 1 heterocycles. The molecule has 3 rings (SSSR count). The molecule has 2 aromatic rings. The Kier molecular flexibility index (Phi) is 9.31. The monoisotopic (exact) mass is 426 g/mol. The molecule has 0 aliphatic heterocycles. The number of carboxylic acids is 1. The average Bonchev–Trinajstić information content (AvgIpc) is 2.80. The van der Waals surface area contributed by atoms with Crippen LogP contribution in [0.2, 0.25) is 0 Å². The highest BCUT2D eigenvalue weighted by Gasteiger charge is 2.23. The topological polar surface area (TPSA) is 80.7 Å². The van der Waals surface area contributed by atoms with Crippen LogP contribution in [0, 0.1) is 0 Å². The van der Waals surface area contributed by atoms with Crippen LogP contribution in [0.25, 0.3) is 0 Å². The molecule has 0 saturated heterocycles. The fourth-order valence-corrected chi connectivity index (χ4v) is 4.32. The van der Waals surface area contributed by atoms with Gasteiger partial charge in [0.1, 0.15) is 5.75 Å². The summed E-state index contributed by atoms with van der Waals surface area (Å²) >= 11 is 0. The third kappa shape index (κ3) is 7.04. The zero-order valence-corrected chi connectivity index (χ0v) is 18.4. The van der Waals surface area contributed by atoms with Crippen LogP contribution in [-0.2, 0) is 16.1 Å². The predicted octanol–water partition coefficient (Wildman–Crippen LogP) is 5.20. The zero-order valence-electron chi connectivity index (χ0n) is 18.4. The van der Waals surface area contributed by atoms with Gasteiger partial charge in [0, 0.05) is 12.4 Å². The number of rotatable bonds is 13. The summed E-state index contributed by atoms with van der Waals surface area (Å²) in [5.74, 6) is 0.151. The standard InChI is InChI=1S/C25H34N2O4/c1-2-3-4-12-23(20-9-7-15-26-17-20)27-31-16-14-19-8-5-11-22-21(19)10-6-13-24(22)30-18-25(28)29/h6-7,9-10,13,15,17,19,23,27H,2-5,8,11-12,14,16,18H2,1H3,(H,28,29). The quantitative estimate of drug-likeness (QED) is 0.339. The molecule has 1 aliphatic rings. The lowest BCUT2D eigenvalue weighted by atomic mass is 9.81. The smallest absolute Gasteiger partial charge is 0.341 e. The Balaban J connectivity index is 1.54. The Morgan fingerprint density at radius 1 is 1.29 bits per heavy atom. The lowest BCUT2D eigenvalue weighted by Crippen LogP contribution is -2.24. The number of ether oxygens (including phenoxy) is 1. The summed E-state index contributed by atoms with van der Waals surface area (Å²) in [6.45, 7) is 2.53. The van der Waals surface area contributed by atoms with Gasteiger partial charge in [-0.05, 0) is 66.8 Å². The van der Waals surface area contributed by atoms with Crippen molar-refractivity contribution in [3.63, 3.8) is 0 Å². The molecular weight excluding hydrogens is 392 g/mol. The predicted molar refractivity (Wildman–Crippen MR) is 120 cm³/mol. The minimum Gasteiger partial charge on any atom is -0.482 e. The van der Waals surface area contributed by atoms with E-state index in [2.05, 4.69) is 29.5 Å². The van der Waals surface area contributed by atoms with Crippen molar-refractivity contribution in [1.82, 2.24) is 10.5 Å². The first kappa shape index (κ1) is 23.2. The van der Waals surface area contributed by atoms with Crippen molar-refractivity contribution in [2.24, 2.45) is 0 Å². The molecule has 31 heavy (non-hydrogen) atoms. The third-order valence-electron chi connectivity index (χ3n) is 5.92. The summed E-state index contributed by atoms with van der Waals surface area (Å²) in [5, 5.41) is 8.92. The number of nitrogens with one attached hydrogen (secondary N) is 1. The number of fused-ring (bicyclic) bond motifs is 1. The maximum absolute atomic E-state index is 10.9. The van der Waals surface area contributed by atoms with Gasteiger partial charge in [0.05, 0.1) is 12.6 Å². The molecule has 1 aromatic heterocycles. The van der Waals surface area contributed by atoms with Gasteiger partial charge in [0.25, 0.3) is 0 Å². The molecule has 1 aliphatic carbocycles. The van der Waals surface area contributed by atoms with E-state index in [9.17, 15) is 4.79 Å². The Bertz CT molecular complexity index is 812. The van der Waals surface area contributed by atoms with Crippen LogP contribution in [0.4, 0.5) is 0 Å². The van der Waals surface area contributed by atoms with Gasteiger partial charge in [0.2, 0.25) is 0 Å². The number of carbonyl (C=O) groups is 1. The zero-order chi connectivity index (χ0) is 21.9. The number of hydrogen-bond acceptors (Lipinski definition) is 5. The number of hydroxylamine groups is 1. The molecule has 6 nitrogen and oxygen atoms in total. The molecule has 2 unspecified atom stereocenters. The molecule has 0 spiro atoms. The first-order valence-corrected chi connectivity index (χ1v) is 11.4. The summed E-state index contributed by atoms with van der Waals surface area (Å²) in [5.41, 5.74) is 6.85. The molecule has 0 saturated carbocycles. The molecule has 2 N–H and O–H groups in total. The second kappa shape index (κ2) is 12.4. The maximum atomic E-state index is 10.9. The molecule has 168 valence electrons. The number of unbranched alkanes of at least 4 members (excludes halogenated alkanes) is 2. The molecule has 0 fully saturated rings. The first-order chi connectivity index (χ1) is 15.2. The molecule has 0 amide bonds. The first-order valence-electron chi connectivity index (χ1n) is 11.4. The summed E-state index contributed by atoms with van der Waals surface area (Å²) in [6.07, 6.45) is 12.3. The van der Waals surface area contributed by atoms with E-state index in [1.807, 2.05) is 24.4 Å². The van der Waals surface area contributed by atoms with Gasteiger partial charge in [-0.25, -0.2) is 4.79 Å². The molecule has 0 radical (unpaired) electrons. The molecule has 1 aromatic carbocycles. The Labute approximate surface area is 184 Å². The van der Waals surface area contributed by atoms with Gasteiger partial charge in [-0.2, -0.15) is 5.48 Å². The molecule has 2 atom stereocenters. The largest absolute Gasteiger partial charge is 0.482 e. The average molecular weight is 427 g/mol. The van der Waals surface area contributed by atoms with E-state index in [1.165, 1.54) is 18.4 Å². The van der Waals surface area contributed by atoms with E-state index in [0.29, 0.717) is 18.3 Å².